The van der Waals surface area contributed by atoms with Gasteiger partial charge < -0.3 is 4.90 Å². The predicted octanol–water partition coefficient (Wildman–Crippen LogP) is 17.9. The highest BCUT2D eigenvalue weighted by molar-refractivity contribution is 7.25. The molecule has 0 radical (unpaired) electrons. The molecule has 14 rings (SSSR count). The van der Waals surface area contributed by atoms with Crippen LogP contribution in [-0.2, 0) is 10.8 Å². The Kier molecular flexibility index (Phi) is 9.27. The maximum Gasteiger partial charge on any atom is 0.0714 e. The Balaban J connectivity index is 1.02. The predicted molar refractivity (Wildman–Crippen MR) is 294 cm³/mol. The molecule has 0 saturated heterocycles. The molecule has 0 N–H and O–H groups in total. The Morgan fingerprint density at radius 1 is 0.257 bits per heavy atom. The number of thiophene rings is 1. The summed E-state index contributed by atoms with van der Waals surface area (Å²) in [6.45, 7) is 0. The van der Waals surface area contributed by atoms with Crippen molar-refractivity contribution >= 4 is 48.6 Å². The Hall–Kier alpha value is -8.56. The van der Waals surface area contributed by atoms with Gasteiger partial charge in [0.25, 0.3) is 0 Å². The third-order valence-corrected chi connectivity index (χ3v) is 16.4. The van der Waals surface area contributed by atoms with Gasteiger partial charge in [0, 0.05) is 37.2 Å². The molecule has 1 aromatic heterocycles. The van der Waals surface area contributed by atoms with Crippen molar-refractivity contribution < 1.29 is 0 Å². The Morgan fingerprint density at radius 2 is 0.714 bits per heavy atom. The van der Waals surface area contributed by atoms with Crippen molar-refractivity contribution in [2.45, 2.75) is 10.8 Å². The molecular formula is C68H45NS. The second-order valence-corrected chi connectivity index (χ2v) is 19.8. The van der Waals surface area contributed by atoms with Gasteiger partial charge in [-0.3, -0.25) is 0 Å². The zero-order valence-corrected chi connectivity index (χ0v) is 39.2. The molecular weight excluding hydrogens is 863 g/mol. The molecule has 11 aromatic carbocycles. The molecule has 0 bridgehead atoms. The second-order valence-electron chi connectivity index (χ2n) is 18.7. The SMILES string of the molecule is c1ccc(C2(c3ccccc3)c3ccccc3-c3cc(N(c4cccc(-c5ccc6sc7ccccc7c6c5)c4)c4ccc5c(c4)C(c4ccccc4)(c4ccccc4)c4ccccc4-5)ccc32)cc1. The van der Waals surface area contributed by atoms with Crippen molar-refractivity contribution in [2.24, 2.45) is 0 Å². The molecule has 1 heterocycles. The highest BCUT2D eigenvalue weighted by Crippen LogP contribution is 2.59. The van der Waals surface area contributed by atoms with Gasteiger partial charge in [0.2, 0.25) is 0 Å². The van der Waals surface area contributed by atoms with Crippen LogP contribution < -0.4 is 4.90 Å². The van der Waals surface area contributed by atoms with E-state index < -0.39 is 10.8 Å². The van der Waals surface area contributed by atoms with Crippen molar-refractivity contribution in [1.82, 2.24) is 0 Å². The molecule has 328 valence electrons. The summed E-state index contributed by atoms with van der Waals surface area (Å²) in [7, 11) is 0. The molecule has 0 fully saturated rings. The average molecular weight is 908 g/mol. The van der Waals surface area contributed by atoms with Crippen molar-refractivity contribution in [3.63, 3.8) is 0 Å². The standard InChI is InChI=1S/C68H45NS/c1-5-21-48(22-6-1)67(49-23-7-2-8-24-49)62-34-17-14-31-56(62)59-44-53(38-40-63(59)67)69(52-29-19-20-46(42-52)47-36-41-66-60(43-47)58-32-15-18-35-65(58)70-66)54-37-39-57-55-30-13-16-33-61(55)68(64(57)45-54,50-25-9-3-10-26-50)51-27-11-4-12-28-51/h1-45H. The molecule has 1 nitrogen and oxygen atoms in total. The maximum absolute atomic E-state index is 2.50. The molecule has 0 unspecified atom stereocenters. The molecule has 2 aliphatic carbocycles. The van der Waals surface area contributed by atoms with Crippen LogP contribution in [-0.4, -0.2) is 0 Å². The van der Waals surface area contributed by atoms with Crippen molar-refractivity contribution in [3.05, 3.63) is 317 Å². The first kappa shape index (κ1) is 40.5. The minimum Gasteiger partial charge on any atom is -0.310 e. The fraction of sp³-hybridized carbons (Fsp3) is 0.0294. The van der Waals surface area contributed by atoms with Gasteiger partial charge in [-0.05, 0) is 132 Å². The summed E-state index contributed by atoms with van der Waals surface area (Å²) in [5, 5.41) is 2.61. The molecule has 0 atom stereocenters. The first-order chi connectivity index (χ1) is 34.7. The third-order valence-electron chi connectivity index (χ3n) is 15.2. The molecule has 0 saturated carbocycles. The normalized spacial score (nSPS) is 13.7. The first-order valence-electron chi connectivity index (χ1n) is 24.2. The van der Waals surface area contributed by atoms with Gasteiger partial charge in [-0.2, -0.15) is 0 Å². The number of nitrogens with zero attached hydrogens (tertiary/aromatic N) is 1. The zero-order valence-electron chi connectivity index (χ0n) is 38.3. The quantitative estimate of drug-likeness (QED) is 0.147. The monoisotopic (exact) mass is 907 g/mol. The van der Waals surface area contributed by atoms with Gasteiger partial charge in [-0.25, -0.2) is 0 Å². The number of hydrogen-bond acceptors (Lipinski definition) is 2. The van der Waals surface area contributed by atoms with Gasteiger partial charge in [0.05, 0.1) is 10.8 Å². The maximum atomic E-state index is 2.50. The lowest BCUT2D eigenvalue weighted by molar-refractivity contribution is 0.768. The zero-order chi connectivity index (χ0) is 46.2. The molecule has 2 heteroatoms. The Labute approximate surface area is 412 Å². The van der Waals surface area contributed by atoms with Crippen LogP contribution in [0.1, 0.15) is 44.5 Å². The van der Waals surface area contributed by atoms with Crippen LogP contribution in [0, 0.1) is 0 Å². The van der Waals surface area contributed by atoms with E-state index in [1.54, 1.807) is 0 Å². The second kappa shape index (κ2) is 16.0. The van der Waals surface area contributed by atoms with Gasteiger partial charge in [-0.15, -0.1) is 11.3 Å². The van der Waals surface area contributed by atoms with Crippen molar-refractivity contribution in [2.75, 3.05) is 4.90 Å². The number of fused-ring (bicyclic) bond motifs is 9. The fourth-order valence-electron chi connectivity index (χ4n) is 12.3. The summed E-state index contributed by atoms with van der Waals surface area (Å²) in [6, 6.07) is 102. The van der Waals surface area contributed by atoms with Crippen LogP contribution in [0.25, 0.3) is 53.6 Å². The highest BCUT2D eigenvalue weighted by Gasteiger charge is 2.48. The topological polar surface area (TPSA) is 3.24 Å². The minimum absolute atomic E-state index is 0.494. The van der Waals surface area contributed by atoms with E-state index in [4.69, 9.17) is 0 Å². The van der Waals surface area contributed by atoms with Crippen LogP contribution in [0.15, 0.2) is 273 Å². The molecule has 0 aliphatic heterocycles. The van der Waals surface area contributed by atoms with Crippen LogP contribution in [0.3, 0.4) is 0 Å². The number of anilines is 3. The van der Waals surface area contributed by atoms with E-state index in [1.165, 1.54) is 98.1 Å². The van der Waals surface area contributed by atoms with Crippen LogP contribution in [0.2, 0.25) is 0 Å². The Bertz CT molecular complexity index is 3870. The van der Waals surface area contributed by atoms with Crippen molar-refractivity contribution in [3.8, 4) is 33.4 Å². The smallest absolute Gasteiger partial charge is 0.0714 e. The summed E-state index contributed by atoms with van der Waals surface area (Å²) in [5.41, 5.74) is 19.9. The largest absolute Gasteiger partial charge is 0.310 e. The van der Waals surface area contributed by atoms with Gasteiger partial charge in [-0.1, -0.05) is 218 Å². The van der Waals surface area contributed by atoms with Crippen LogP contribution >= 0.6 is 11.3 Å². The van der Waals surface area contributed by atoms with Gasteiger partial charge in [0.15, 0.2) is 0 Å². The third kappa shape index (κ3) is 5.90. The molecule has 2 aliphatic rings. The van der Waals surface area contributed by atoms with E-state index in [0.29, 0.717) is 0 Å². The number of hydrogen-bond donors (Lipinski definition) is 0. The summed E-state index contributed by atoms with van der Waals surface area (Å²) in [6.07, 6.45) is 0. The summed E-state index contributed by atoms with van der Waals surface area (Å²) in [4.78, 5) is 2.50. The van der Waals surface area contributed by atoms with E-state index >= 15 is 0 Å². The van der Waals surface area contributed by atoms with Gasteiger partial charge in [0.1, 0.15) is 0 Å². The fourth-order valence-corrected chi connectivity index (χ4v) is 13.4. The molecule has 0 spiro atoms. The van der Waals surface area contributed by atoms with E-state index in [9.17, 15) is 0 Å². The summed E-state index contributed by atoms with van der Waals surface area (Å²) < 4.78 is 2.62. The lowest BCUT2D eigenvalue weighted by Crippen LogP contribution is -2.29. The lowest BCUT2D eigenvalue weighted by atomic mass is 9.67. The van der Waals surface area contributed by atoms with E-state index in [1.807, 2.05) is 11.3 Å². The minimum atomic E-state index is -0.543. The van der Waals surface area contributed by atoms with Crippen LogP contribution in [0.4, 0.5) is 17.1 Å². The number of benzene rings is 11. The molecule has 12 aromatic rings. The summed E-state index contributed by atoms with van der Waals surface area (Å²) in [5.74, 6) is 0. The molecule has 0 amide bonds. The van der Waals surface area contributed by atoms with Crippen molar-refractivity contribution in [1.29, 1.82) is 0 Å². The average Bonchev–Trinajstić information content (AvgIpc) is 4.06. The van der Waals surface area contributed by atoms with Crippen LogP contribution in [0.5, 0.6) is 0 Å². The van der Waals surface area contributed by atoms with E-state index in [0.717, 1.165) is 17.1 Å². The highest BCUT2D eigenvalue weighted by atomic mass is 32.1. The lowest BCUT2D eigenvalue weighted by Gasteiger charge is -2.35. The van der Waals surface area contributed by atoms with Gasteiger partial charge >= 0.3 is 0 Å². The van der Waals surface area contributed by atoms with E-state index in [-0.39, 0.29) is 0 Å². The number of rotatable bonds is 8. The van der Waals surface area contributed by atoms with E-state index in [2.05, 4.69) is 278 Å². The first-order valence-corrected chi connectivity index (χ1v) is 25.1. The summed E-state index contributed by atoms with van der Waals surface area (Å²) >= 11 is 1.86. The Morgan fingerprint density at radius 3 is 1.36 bits per heavy atom. The molecule has 70 heavy (non-hydrogen) atoms.